The predicted molar refractivity (Wildman–Crippen MR) is 102 cm³/mol. The number of rotatable bonds is 8. The molecule has 0 atom stereocenters. The lowest BCUT2D eigenvalue weighted by Crippen LogP contribution is -2.15. The van der Waals surface area contributed by atoms with Gasteiger partial charge in [-0.1, -0.05) is 37.2 Å². The first kappa shape index (κ1) is 19.6. The van der Waals surface area contributed by atoms with Gasteiger partial charge in [0.05, 0.1) is 18.6 Å². The van der Waals surface area contributed by atoms with Crippen molar-refractivity contribution in [3.63, 3.8) is 0 Å². The number of methoxy groups -OCH3 is 1. The number of amides is 1. The highest BCUT2D eigenvalue weighted by molar-refractivity contribution is 7.99. The second kappa shape index (κ2) is 9.10. The Hall–Kier alpha value is -1.73. The molecule has 1 aromatic heterocycles. The van der Waals surface area contributed by atoms with Gasteiger partial charge in [-0.25, -0.2) is 0 Å². The summed E-state index contributed by atoms with van der Waals surface area (Å²) in [6, 6.07) is 5.10. The number of nitrogens with one attached hydrogen (secondary N) is 1. The molecule has 0 aliphatic rings. The van der Waals surface area contributed by atoms with E-state index in [0.29, 0.717) is 22.4 Å². The van der Waals surface area contributed by atoms with Crippen LogP contribution in [0, 0.1) is 5.92 Å². The average Bonchev–Trinajstić information content (AvgIpc) is 2.94. The maximum atomic E-state index is 12.3. The summed E-state index contributed by atoms with van der Waals surface area (Å²) >= 11 is 7.35. The van der Waals surface area contributed by atoms with Gasteiger partial charge in [0.2, 0.25) is 5.91 Å². The fourth-order valence-corrected chi connectivity index (χ4v) is 3.35. The summed E-state index contributed by atoms with van der Waals surface area (Å²) in [5.41, 5.74) is 0.554. The van der Waals surface area contributed by atoms with Crippen LogP contribution in [0.25, 0.3) is 0 Å². The first-order valence-corrected chi connectivity index (χ1v) is 9.49. The molecule has 25 heavy (non-hydrogen) atoms. The summed E-state index contributed by atoms with van der Waals surface area (Å²) in [5, 5.41) is 12.6. The molecule has 8 heteroatoms. The Kier molecular flexibility index (Phi) is 7.13. The molecule has 0 spiro atoms. The first-order valence-electron chi connectivity index (χ1n) is 8.12. The van der Waals surface area contributed by atoms with Crippen molar-refractivity contribution in [1.29, 1.82) is 0 Å². The molecule has 2 rings (SSSR count). The highest BCUT2D eigenvalue weighted by atomic mass is 35.5. The van der Waals surface area contributed by atoms with Gasteiger partial charge >= 0.3 is 0 Å². The molecule has 0 aliphatic heterocycles. The van der Waals surface area contributed by atoms with Crippen LogP contribution in [0.2, 0.25) is 5.02 Å². The van der Waals surface area contributed by atoms with E-state index in [1.54, 1.807) is 25.3 Å². The zero-order valence-corrected chi connectivity index (χ0v) is 16.4. The van der Waals surface area contributed by atoms with Crippen LogP contribution in [0.4, 0.5) is 5.69 Å². The van der Waals surface area contributed by atoms with E-state index in [-0.39, 0.29) is 11.7 Å². The number of halogens is 1. The molecular weight excluding hydrogens is 360 g/mol. The lowest BCUT2D eigenvalue weighted by Gasteiger charge is -2.11. The summed E-state index contributed by atoms with van der Waals surface area (Å²) in [4.78, 5) is 12.3. The number of thioether (sulfide) groups is 1. The van der Waals surface area contributed by atoms with Gasteiger partial charge in [0.1, 0.15) is 11.6 Å². The number of aromatic nitrogens is 3. The maximum Gasteiger partial charge on any atom is 0.234 e. The molecule has 0 unspecified atom stereocenters. The topological polar surface area (TPSA) is 69.0 Å². The Morgan fingerprint density at radius 2 is 2.16 bits per heavy atom. The molecule has 1 aromatic carbocycles. The molecule has 0 saturated carbocycles. The molecule has 0 radical (unpaired) electrons. The molecule has 0 aliphatic carbocycles. The van der Waals surface area contributed by atoms with Crippen molar-refractivity contribution in [2.75, 3.05) is 18.2 Å². The van der Waals surface area contributed by atoms with E-state index >= 15 is 0 Å². The van der Waals surface area contributed by atoms with Crippen molar-refractivity contribution in [3.05, 3.63) is 29.0 Å². The SMILES string of the molecule is CCn1c(CC(C)C)nnc1SCC(=O)Nc1cc(Cl)ccc1OC. The molecule has 6 nitrogen and oxygen atoms in total. The van der Waals surface area contributed by atoms with Gasteiger partial charge in [0.25, 0.3) is 0 Å². The summed E-state index contributed by atoms with van der Waals surface area (Å²) in [6.45, 7) is 7.12. The number of hydrogen-bond donors (Lipinski definition) is 1. The second-order valence-electron chi connectivity index (χ2n) is 5.92. The van der Waals surface area contributed by atoms with Crippen LogP contribution in [0.1, 0.15) is 26.6 Å². The molecule has 1 heterocycles. The quantitative estimate of drug-likeness (QED) is 0.701. The van der Waals surface area contributed by atoms with Crippen molar-refractivity contribution in [1.82, 2.24) is 14.8 Å². The zero-order chi connectivity index (χ0) is 18.4. The summed E-state index contributed by atoms with van der Waals surface area (Å²) in [6.07, 6.45) is 0.868. The smallest absolute Gasteiger partial charge is 0.234 e. The Morgan fingerprint density at radius 1 is 1.40 bits per heavy atom. The van der Waals surface area contributed by atoms with Crippen molar-refractivity contribution in [2.24, 2.45) is 5.92 Å². The van der Waals surface area contributed by atoms with Gasteiger partial charge < -0.3 is 14.6 Å². The van der Waals surface area contributed by atoms with E-state index in [9.17, 15) is 4.79 Å². The van der Waals surface area contributed by atoms with Crippen molar-refractivity contribution >= 4 is 35.0 Å². The van der Waals surface area contributed by atoms with Crippen LogP contribution in [-0.4, -0.2) is 33.5 Å². The number of ether oxygens (including phenoxy) is 1. The van der Waals surface area contributed by atoms with Crippen LogP contribution in [0.5, 0.6) is 5.75 Å². The Morgan fingerprint density at radius 3 is 2.80 bits per heavy atom. The van der Waals surface area contributed by atoms with Crippen molar-refractivity contribution in [2.45, 2.75) is 38.9 Å². The zero-order valence-electron chi connectivity index (χ0n) is 14.9. The van der Waals surface area contributed by atoms with Crippen LogP contribution in [-0.2, 0) is 17.8 Å². The number of benzene rings is 1. The molecule has 1 N–H and O–H groups in total. The van der Waals surface area contributed by atoms with E-state index in [2.05, 4.69) is 33.9 Å². The molecular formula is C17H23ClN4O2S. The lowest BCUT2D eigenvalue weighted by molar-refractivity contribution is -0.113. The standard InChI is InChI=1S/C17H23ClN4O2S/c1-5-22-15(8-11(2)3)20-21-17(22)25-10-16(23)19-13-9-12(18)6-7-14(13)24-4/h6-7,9,11H,5,8,10H2,1-4H3,(H,19,23). The van der Waals surface area contributed by atoms with Gasteiger partial charge in [0.15, 0.2) is 5.16 Å². The van der Waals surface area contributed by atoms with Gasteiger partial charge in [-0.2, -0.15) is 0 Å². The van der Waals surface area contributed by atoms with E-state index in [0.717, 1.165) is 23.9 Å². The normalized spacial score (nSPS) is 11.0. The largest absolute Gasteiger partial charge is 0.495 e. The minimum Gasteiger partial charge on any atom is -0.495 e. The van der Waals surface area contributed by atoms with Gasteiger partial charge in [-0.15, -0.1) is 10.2 Å². The van der Waals surface area contributed by atoms with Gasteiger partial charge in [-0.05, 0) is 31.0 Å². The lowest BCUT2D eigenvalue weighted by atomic mass is 10.1. The first-order chi connectivity index (χ1) is 11.9. The average molecular weight is 383 g/mol. The molecule has 1 amide bonds. The molecule has 0 fully saturated rings. The minimum absolute atomic E-state index is 0.151. The van der Waals surface area contributed by atoms with Crippen LogP contribution in [0.15, 0.2) is 23.4 Å². The fourth-order valence-electron chi connectivity index (χ4n) is 2.35. The minimum atomic E-state index is -0.151. The highest BCUT2D eigenvalue weighted by Crippen LogP contribution is 2.28. The monoisotopic (exact) mass is 382 g/mol. The number of carbonyl (C=O) groups is 1. The predicted octanol–water partition coefficient (Wildman–Crippen LogP) is 3.89. The van der Waals surface area contributed by atoms with Crippen LogP contribution in [0.3, 0.4) is 0 Å². The second-order valence-corrected chi connectivity index (χ2v) is 7.30. The summed E-state index contributed by atoms with van der Waals surface area (Å²) in [5.74, 6) is 2.11. The Bertz CT molecular complexity index is 733. The fraction of sp³-hybridized carbons (Fsp3) is 0.471. The third kappa shape index (κ3) is 5.37. The van der Waals surface area contributed by atoms with E-state index in [4.69, 9.17) is 16.3 Å². The maximum absolute atomic E-state index is 12.3. The van der Waals surface area contributed by atoms with Crippen molar-refractivity contribution in [3.8, 4) is 5.75 Å². The number of nitrogens with zero attached hydrogens (tertiary/aromatic N) is 3. The molecule has 2 aromatic rings. The third-order valence-electron chi connectivity index (χ3n) is 3.47. The molecule has 0 bridgehead atoms. The third-order valence-corrected chi connectivity index (χ3v) is 4.67. The van der Waals surface area contributed by atoms with Crippen LogP contribution < -0.4 is 10.1 Å². The Balaban J connectivity index is 2.01. The number of hydrogen-bond acceptors (Lipinski definition) is 5. The molecule has 136 valence electrons. The molecule has 0 saturated heterocycles. The van der Waals surface area contributed by atoms with E-state index in [1.807, 2.05) is 6.92 Å². The van der Waals surface area contributed by atoms with E-state index < -0.39 is 0 Å². The highest BCUT2D eigenvalue weighted by Gasteiger charge is 2.15. The van der Waals surface area contributed by atoms with Crippen molar-refractivity contribution < 1.29 is 9.53 Å². The van der Waals surface area contributed by atoms with Gasteiger partial charge in [0, 0.05) is 18.0 Å². The van der Waals surface area contributed by atoms with Gasteiger partial charge in [-0.3, -0.25) is 4.79 Å². The summed E-state index contributed by atoms with van der Waals surface area (Å²) in [7, 11) is 1.55. The van der Waals surface area contributed by atoms with Crippen LogP contribution >= 0.6 is 23.4 Å². The summed E-state index contributed by atoms with van der Waals surface area (Å²) < 4.78 is 7.29. The van der Waals surface area contributed by atoms with E-state index in [1.165, 1.54) is 11.8 Å². The number of anilines is 1. The Labute approximate surface area is 157 Å². The number of carbonyl (C=O) groups excluding carboxylic acids is 1.